The zero-order chi connectivity index (χ0) is 22.4. The third kappa shape index (κ3) is 8.01. The maximum atomic E-state index is 12.9. The quantitative estimate of drug-likeness (QED) is 0.566. The van der Waals surface area contributed by atoms with Crippen molar-refractivity contribution in [3.05, 3.63) is 24.8 Å². The Labute approximate surface area is 174 Å². The molecule has 7 nitrogen and oxygen atoms in total. The summed E-state index contributed by atoms with van der Waals surface area (Å²) in [5.41, 5.74) is -0.0915. The molecule has 0 aromatic heterocycles. The van der Waals surface area contributed by atoms with Gasteiger partial charge in [-0.15, -0.1) is 6.58 Å². The number of methoxy groups -OCH3 is 1. The summed E-state index contributed by atoms with van der Waals surface area (Å²) in [5, 5.41) is 13.5. The summed E-state index contributed by atoms with van der Waals surface area (Å²) in [6.45, 7) is 15.1. The lowest BCUT2D eigenvalue weighted by molar-refractivity contribution is -0.334. The first-order chi connectivity index (χ1) is 13.3. The minimum atomic E-state index is -1.10. The summed E-state index contributed by atoms with van der Waals surface area (Å²) in [6, 6.07) is 0. The van der Waals surface area contributed by atoms with E-state index in [4.69, 9.17) is 14.2 Å². The van der Waals surface area contributed by atoms with Crippen molar-refractivity contribution in [2.45, 2.75) is 78.2 Å². The van der Waals surface area contributed by atoms with E-state index >= 15 is 0 Å². The Balaban J connectivity index is 2.97. The lowest BCUT2D eigenvalue weighted by atomic mass is 9.90. The van der Waals surface area contributed by atoms with Crippen molar-refractivity contribution in [1.82, 2.24) is 5.32 Å². The molecule has 0 spiro atoms. The van der Waals surface area contributed by atoms with Crippen LogP contribution >= 0.6 is 0 Å². The fourth-order valence-electron chi connectivity index (χ4n) is 3.09. The van der Waals surface area contributed by atoms with Crippen LogP contribution in [0.25, 0.3) is 0 Å². The average Bonchev–Trinajstić information content (AvgIpc) is 2.60. The standard InChI is InChI=1S/C22H37NO6/c1-9-12-23-20(26)14(2)13-15(24)18(27-8)19-17(25)16(10-11-21(3,4)5)28-22(6,7)29-19/h9-11,14,16-19,25H,1,12-13H2,2-8H3,(H,23,26)/b11-10+/t14-,16-,17+,18+,19-/m1/s1. The minimum Gasteiger partial charge on any atom is -0.387 e. The van der Waals surface area contributed by atoms with Crippen molar-refractivity contribution in [3.63, 3.8) is 0 Å². The van der Waals surface area contributed by atoms with Crippen molar-refractivity contribution >= 4 is 11.7 Å². The average molecular weight is 412 g/mol. The number of Topliss-reactive ketones (excluding diaryl/α,β-unsaturated/α-hetero) is 1. The molecule has 1 aliphatic heterocycles. The number of hydrogen-bond donors (Lipinski definition) is 2. The number of ether oxygens (including phenoxy) is 3. The van der Waals surface area contributed by atoms with Gasteiger partial charge >= 0.3 is 0 Å². The van der Waals surface area contributed by atoms with E-state index in [1.807, 2.05) is 26.8 Å². The zero-order valence-corrected chi connectivity index (χ0v) is 18.7. The van der Waals surface area contributed by atoms with Gasteiger partial charge < -0.3 is 24.6 Å². The predicted octanol–water partition coefficient (Wildman–Crippen LogP) is 2.38. The van der Waals surface area contributed by atoms with Gasteiger partial charge in [0.1, 0.15) is 24.4 Å². The zero-order valence-electron chi connectivity index (χ0n) is 18.7. The molecule has 0 aromatic rings. The molecule has 1 aliphatic rings. The van der Waals surface area contributed by atoms with Crippen molar-refractivity contribution in [2.75, 3.05) is 13.7 Å². The molecule has 29 heavy (non-hydrogen) atoms. The number of carbonyl (C=O) groups is 2. The van der Waals surface area contributed by atoms with Crippen LogP contribution in [0.1, 0.15) is 48.0 Å². The van der Waals surface area contributed by atoms with Gasteiger partial charge in [-0.3, -0.25) is 9.59 Å². The summed E-state index contributed by atoms with van der Waals surface area (Å²) in [7, 11) is 1.39. The molecular weight excluding hydrogens is 374 g/mol. The molecule has 0 bridgehead atoms. The van der Waals surface area contributed by atoms with Gasteiger partial charge in [0.15, 0.2) is 11.6 Å². The minimum absolute atomic E-state index is 0.0299. The molecule has 1 rings (SSSR count). The van der Waals surface area contributed by atoms with E-state index in [2.05, 4.69) is 11.9 Å². The second kappa shape index (κ2) is 10.5. The van der Waals surface area contributed by atoms with Crippen molar-refractivity contribution in [3.8, 4) is 0 Å². The molecule has 0 saturated carbocycles. The molecule has 0 radical (unpaired) electrons. The van der Waals surface area contributed by atoms with Crippen LogP contribution in [-0.4, -0.2) is 60.7 Å². The molecule has 5 atom stereocenters. The van der Waals surface area contributed by atoms with Crippen molar-refractivity contribution < 1.29 is 28.9 Å². The number of ketones is 1. The summed E-state index contributed by atoms with van der Waals surface area (Å²) in [6.07, 6.45) is 1.60. The number of carbonyl (C=O) groups excluding carboxylic acids is 2. The number of hydrogen-bond acceptors (Lipinski definition) is 6. The maximum absolute atomic E-state index is 12.9. The summed E-state index contributed by atoms with van der Waals surface area (Å²) in [5.74, 6) is -2.11. The van der Waals surface area contributed by atoms with Crippen LogP contribution in [0.2, 0.25) is 0 Å². The Morgan fingerprint density at radius 2 is 1.93 bits per heavy atom. The Morgan fingerprint density at radius 3 is 2.45 bits per heavy atom. The Hall–Kier alpha value is -1.54. The van der Waals surface area contributed by atoms with Crippen LogP contribution in [-0.2, 0) is 23.8 Å². The number of aliphatic hydroxyl groups is 1. The normalized spacial score (nSPS) is 26.7. The van der Waals surface area contributed by atoms with E-state index in [-0.39, 0.29) is 23.5 Å². The number of rotatable bonds is 9. The molecule has 0 aliphatic carbocycles. The highest BCUT2D eigenvalue weighted by atomic mass is 16.7. The molecule has 166 valence electrons. The highest BCUT2D eigenvalue weighted by Gasteiger charge is 2.47. The van der Waals surface area contributed by atoms with Crippen LogP contribution in [0.5, 0.6) is 0 Å². The van der Waals surface area contributed by atoms with E-state index < -0.39 is 36.1 Å². The summed E-state index contributed by atoms with van der Waals surface area (Å²) >= 11 is 0. The molecule has 1 amide bonds. The first-order valence-electron chi connectivity index (χ1n) is 9.98. The lowest BCUT2D eigenvalue weighted by Gasteiger charge is -2.45. The van der Waals surface area contributed by atoms with Gasteiger partial charge in [-0.2, -0.15) is 0 Å². The number of aliphatic hydroxyl groups excluding tert-OH is 1. The monoisotopic (exact) mass is 411 g/mol. The summed E-state index contributed by atoms with van der Waals surface area (Å²) in [4.78, 5) is 24.9. The maximum Gasteiger partial charge on any atom is 0.223 e. The largest absolute Gasteiger partial charge is 0.387 e. The van der Waals surface area contributed by atoms with Gasteiger partial charge in [0.2, 0.25) is 5.91 Å². The van der Waals surface area contributed by atoms with E-state index in [1.165, 1.54) is 7.11 Å². The third-order valence-electron chi connectivity index (χ3n) is 4.54. The number of amides is 1. The SMILES string of the molecule is C=CCNC(=O)[C@H](C)CC(=O)[C@H](OC)[C@@H]1OC(C)(C)O[C@H](/C=C/C(C)(C)C)[C@@H]1O. The third-order valence-corrected chi connectivity index (χ3v) is 4.54. The Morgan fingerprint density at radius 1 is 1.31 bits per heavy atom. The van der Waals surface area contributed by atoms with Crippen molar-refractivity contribution in [1.29, 1.82) is 0 Å². The van der Waals surface area contributed by atoms with Crippen molar-refractivity contribution in [2.24, 2.45) is 11.3 Å². The van der Waals surface area contributed by atoms with Crippen LogP contribution in [0.15, 0.2) is 24.8 Å². The van der Waals surface area contributed by atoms with Crippen LogP contribution in [0.3, 0.4) is 0 Å². The van der Waals surface area contributed by atoms with E-state index in [1.54, 1.807) is 32.9 Å². The Kier molecular flexibility index (Phi) is 9.21. The topological polar surface area (TPSA) is 94.1 Å². The van der Waals surface area contributed by atoms with Crippen LogP contribution in [0.4, 0.5) is 0 Å². The molecule has 2 N–H and O–H groups in total. The molecule has 1 saturated heterocycles. The highest BCUT2D eigenvalue weighted by Crippen LogP contribution is 2.32. The van der Waals surface area contributed by atoms with Gasteiger partial charge in [0.05, 0.1) is 0 Å². The number of nitrogens with one attached hydrogen (secondary N) is 1. The van der Waals surface area contributed by atoms with Gasteiger partial charge in [-0.1, -0.05) is 45.9 Å². The van der Waals surface area contributed by atoms with Gasteiger partial charge in [-0.25, -0.2) is 0 Å². The Bertz CT molecular complexity index is 607. The van der Waals surface area contributed by atoms with Gasteiger partial charge in [0.25, 0.3) is 0 Å². The van der Waals surface area contributed by atoms with E-state index in [0.717, 1.165) is 0 Å². The molecule has 0 aromatic carbocycles. The lowest BCUT2D eigenvalue weighted by Crippen LogP contribution is -2.59. The van der Waals surface area contributed by atoms with Gasteiger partial charge in [0, 0.05) is 26.0 Å². The second-order valence-electron chi connectivity index (χ2n) is 9.04. The molecular formula is C22H37NO6. The molecule has 1 fully saturated rings. The fourth-order valence-corrected chi connectivity index (χ4v) is 3.09. The molecule has 1 heterocycles. The fraction of sp³-hybridized carbons (Fsp3) is 0.727. The molecule has 7 heteroatoms. The first-order valence-corrected chi connectivity index (χ1v) is 9.98. The summed E-state index contributed by atoms with van der Waals surface area (Å²) < 4.78 is 17.1. The predicted molar refractivity (Wildman–Crippen MR) is 111 cm³/mol. The highest BCUT2D eigenvalue weighted by molar-refractivity contribution is 5.89. The number of allylic oxidation sites excluding steroid dienone is 1. The smallest absolute Gasteiger partial charge is 0.223 e. The van der Waals surface area contributed by atoms with E-state index in [9.17, 15) is 14.7 Å². The van der Waals surface area contributed by atoms with Crippen LogP contribution < -0.4 is 5.32 Å². The van der Waals surface area contributed by atoms with Crippen LogP contribution in [0, 0.1) is 11.3 Å². The van der Waals surface area contributed by atoms with Gasteiger partial charge in [-0.05, 0) is 19.3 Å². The first kappa shape index (κ1) is 25.5. The van der Waals surface area contributed by atoms with E-state index in [0.29, 0.717) is 6.54 Å². The second-order valence-corrected chi connectivity index (χ2v) is 9.04. The molecule has 0 unspecified atom stereocenters.